The molecule has 1 aliphatic rings. The van der Waals surface area contributed by atoms with Crippen LogP contribution in [0.25, 0.3) is 11.5 Å². The van der Waals surface area contributed by atoms with E-state index in [1.165, 1.54) is 14.2 Å². The van der Waals surface area contributed by atoms with E-state index in [2.05, 4.69) is 20.9 Å². The van der Waals surface area contributed by atoms with Crippen molar-refractivity contribution in [2.24, 2.45) is 0 Å². The Balaban J connectivity index is 2.07. The maximum atomic E-state index is 12.9. The van der Waals surface area contributed by atoms with E-state index in [4.69, 9.17) is 18.2 Å². The van der Waals surface area contributed by atoms with Crippen LogP contribution in [0.15, 0.2) is 33.2 Å². The number of oxazole rings is 1. The van der Waals surface area contributed by atoms with Crippen molar-refractivity contribution in [1.82, 2.24) is 4.98 Å². The lowest BCUT2D eigenvalue weighted by molar-refractivity contribution is 0.121. The second kappa shape index (κ2) is 7.37. The average molecular weight is 417 g/mol. The Hall–Kier alpha value is -1.18. The van der Waals surface area contributed by atoms with Gasteiger partial charge >= 0.3 is 7.60 Å². The molecule has 0 saturated carbocycles. The van der Waals surface area contributed by atoms with Crippen LogP contribution < -0.4 is 10.3 Å². The normalized spacial score (nSPS) is 15.7. The first kappa shape index (κ1) is 17.6. The summed E-state index contributed by atoms with van der Waals surface area (Å²) >= 11 is 3.40. The Morgan fingerprint density at radius 2 is 1.79 bits per heavy atom. The summed E-state index contributed by atoms with van der Waals surface area (Å²) in [6.45, 7) is 2.38. The van der Waals surface area contributed by atoms with Crippen LogP contribution in [-0.2, 0) is 18.3 Å². The third kappa shape index (κ3) is 3.43. The molecular weight excluding hydrogens is 399 g/mol. The van der Waals surface area contributed by atoms with Crippen molar-refractivity contribution in [3.05, 3.63) is 28.7 Å². The molecule has 0 N–H and O–H groups in total. The third-order valence-corrected chi connectivity index (χ3v) is 6.02. The molecule has 1 aliphatic heterocycles. The van der Waals surface area contributed by atoms with E-state index in [1.54, 1.807) is 0 Å². The number of morpholine rings is 1. The number of benzene rings is 1. The van der Waals surface area contributed by atoms with E-state index in [0.717, 1.165) is 10.0 Å². The number of rotatable bonds is 5. The highest BCUT2D eigenvalue weighted by Gasteiger charge is 2.36. The monoisotopic (exact) mass is 416 g/mol. The smallest absolute Gasteiger partial charge is 0.384 e. The van der Waals surface area contributed by atoms with Crippen molar-refractivity contribution >= 4 is 34.8 Å². The van der Waals surface area contributed by atoms with E-state index in [0.29, 0.717) is 38.1 Å². The molecule has 2 aromatic rings. The lowest BCUT2D eigenvalue weighted by Gasteiger charge is -2.27. The summed E-state index contributed by atoms with van der Waals surface area (Å²) in [6, 6.07) is 7.51. The zero-order valence-electron chi connectivity index (χ0n) is 13.4. The highest BCUT2D eigenvalue weighted by molar-refractivity contribution is 9.10. The van der Waals surface area contributed by atoms with Crippen molar-refractivity contribution in [1.29, 1.82) is 0 Å². The second-order valence-corrected chi connectivity index (χ2v) is 8.18. The molecule has 1 fully saturated rings. The van der Waals surface area contributed by atoms with Crippen LogP contribution in [0.4, 0.5) is 5.88 Å². The molecule has 1 saturated heterocycles. The van der Waals surface area contributed by atoms with Gasteiger partial charge in [-0.25, -0.2) is 0 Å². The number of anilines is 1. The van der Waals surface area contributed by atoms with Crippen LogP contribution in [0.5, 0.6) is 0 Å². The maximum Gasteiger partial charge on any atom is 0.384 e. The van der Waals surface area contributed by atoms with Gasteiger partial charge < -0.3 is 23.1 Å². The molecule has 24 heavy (non-hydrogen) atoms. The summed E-state index contributed by atoms with van der Waals surface area (Å²) in [5.74, 6) is 0.775. The number of aromatic nitrogens is 1. The molecule has 0 unspecified atom stereocenters. The van der Waals surface area contributed by atoms with Gasteiger partial charge in [-0.05, 0) is 24.3 Å². The van der Waals surface area contributed by atoms with Gasteiger partial charge in [0.2, 0.25) is 17.2 Å². The molecule has 9 heteroatoms. The fraction of sp³-hybridized carbons (Fsp3) is 0.400. The summed E-state index contributed by atoms with van der Waals surface area (Å²) in [4.78, 5) is 6.36. The number of hydrogen-bond acceptors (Lipinski definition) is 7. The van der Waals surface area contributed by atoms with Gasteiger partial charge in [0.25, 0.3) is 0 Å². The van der Waals surface area contributed by atoms with Crippen molar-refractivity contribution in [3.63, 3.8) is 0 Å². The van der Waals surface area contributed by atoms with Crippen LogP contribution in [0, 0.1) is 0 Å². The van der Waals surface area contributed by atoms with E-state index in [-0.39, 0.29) is 5.44 Å². The topological polar surface area (TPSA) is 74.0 Å². The molecule has 0 radical (unpaired) electrons. The molecule has 0 aliphatic carbocycles. The largest absolute Gasteiger partial charge is 0.419 e. The Morgan fingerprint density at radius 3 is 2.38 bits per heavy atom. The van der Waals surface area contributed by atoms with Gasteiger partial charge in [-0.15, -0.1) is 0 Å². The van der Waals surface area contributed by atoms with E-state index < -0.39 is 7.60 Å². The number of hydrogen-bond donors (Lipinski definition) is 0. The molecule has 2 heterocycles. The Morgan fingerprint density at radius 1 is 1.17 bits per heavy atom. The lowest BCUT2D eigenvalue weighted by Crippen LogP contribution is -2.38. The zero-order chi connectivity index (χ0) is 17.2. The summed E-state index contributed by atoms with van der Waals surface area (Å²) in [6.07, 6.45) is 0. The Kier molecular flexibility index (Phi) is 5.42. The molecule has 0 amide bonds. The minimum atomic E-state index is -3.54. The molecule has 1 aromatic heterocycles. The van der Waals surface area contributed by atoms with Gasteiger partial charge in [-0.2, -0.15) is 4.98 Å². The van der Waals surface area contributed by atoms with Gasteiger partial charge in [0.05, 0.1) is 13.2 Å². The van der Waals surface area contributed by atoms with Gasteiger partial charge in [0, 0.05) is 37.3 Å². The standard InChI is InChI=1S/C15H18BrN2O5P/c1-20-24(19,21-2)14-15(18-7-9-22-10-8-18)23-13(17-14)11-3-5-12(16)6-4-11/h3-6H,7-10H2,1-2H3. The number of nitrogens with zero attached hydrogens (tertiary/aromatic N) is 2. The SMILES string of the molecule is COP(=O)(OC)c1nc(-c2ccc(Br)cc2)oc1N1CCOCC1. The predicted octanol–water partition coefficient (Wildman–Crippen LogP) is 3.05. The highest BCUT2D eigenvalue weighted by atomic mass is 79.9. The van der Waals surface area contributed by atoms with Crippen LogP contribution in [-0.4, -0.2) is 45.5 Å². The Bertz CT molecular complexity index is 735. The number of halogens is 1. The van der Waals surface area contributed by atoms with Crippen molar-refractivity contribution in [2.75, 3.05) is 45.4 Å². The van der Waals surface area contributed by atoms with Crippen LogP contribution in [0.3, 0.4) is 0 Å². The molecule has 0 atom stereocenters. The maximum absolute atomic E-state index is 12.9. The highest BCUT2D eigenvalue weighted by Crippen LogP contribution is 2.48. The first-order valence-corrected chi connectivity index (χ1v) is 9.72. The molecule has 130 valence electrons. The molecule has 0 bridgehead atoms. The summed E-state index contributed by atoms with van der Waals surface area (Å²) in [5.41, 5.74) is 0.963. The summed E-state index contributed by atoms with van der Waals surface area (Å²) in [7, 11) is -0.874. The van der Waals surface area contributed by atoms with Gasteiger partial charge in [0.15, 0.2) is 0 Å². The van der Waals surface area contributed by atoms with E-state index >= 15 is 0 Å². The van der Waals surface area contributed by atoms with Crippen LogP contribution >= 0.6 is 23.5 Å². The van der Waals surface area contributed by atoms with Gasteiger partial charge in [-0.1, -0.05) is 15.9 Å². The third-order valence-electron chi connectivity index (χ3n) is 3.72. The Labute approximate surface area is 148 Å². The van der Waals surface area contributed by atoms with Crippen LogP contribution in [0.2, 0.25) is 0 Å². The van der Waals surface area contributed by atoms with Crippen molar-refractivity contribution in [3.8, 4) is 11.5 Å². The summed E-state index contributed by atoms with van der Waals surface area (Å²) < 4.78 is 35.4. The molecule has 7 nitrogen and oxygen atoms in total. The molecule has 3 rings (SSSR count). The number of ether oxygens (including phenoxy) is 1. The predicted molar refractivity (Wildman–Crippen MR) is 93.9 cm³/mol. The van der Waals surface area contributed by atoms with Crippen molar-refractivity contribution in [2.45, 2.75) is 0 Å². The lowest BCUT2D eigenvalue weighted by atomic mass is 10.2. The molecule has 1 aromatic carbocycles. The average Bonchev–Trinajstić information content (AvgIpc) is 3.08. The van der Waals surface area contributed by atoms with Crippen LogP contribution in [0.1, 0.15) is 0 Å². The minimum absolute atomic E-state index is 0.187. The first-order valence-electron chi connectivity index (χ1n) is 7.39. The summed E-state index contributed by atoms with van der Waals surface area (Å²) in [5, 5.41) is 0. The zero-order valence-corrected chi connectivity index (χ0v) is 15.9. The van der Waals surface area contributed by atoms with Crippen molar-refractivity contribution < 1.29 is 22.8 Å². The van der Waals surface area contributed by atoms with Gasteiger partial charge in [-0.3, -0.25) is 4.57 Å². The van der Waals surface area contributed by atoms with Gasteiger partial charge in [0.1, 0.15) is 0 Å². The molecule has 0 spiro atoms. The quantitative estimate of drug-likeness (QED) is 0.693. The van der Waals surface area contributed by atoms with E-state index in [9.17, 15) is 4.57 Å². The van der Waals surface area contributed by atoms with E-state index in [1.807, 2.05) is 29.2 Å². The fourth-order valence-corrected chi connectivity index (χ4v) is 3.81. The fourth-order valence-electron chi connectivity index (χ4n) is 2.42. The second-order valence-electron chi connectivity index (χ2n) is 5.12. The molecular formula is C15H18BrN2O5P. The first-order chi connectivity index (χ1) is 11.6. The minimum Gasteiger partial charge on any atom is -0.419 e.